The minimum Gasteiger partial charge on any atom is -0.331 e. The minimum absolute atomic E-state index is 0.194. The van der Waals surface area contributed by atoms with Crippen molar-refractivity contribution in [1.29, 1.82) is 0 Å². The van der Waals surface area contributed by atoms with Gasteiger partial charge in [-0.15, -0.1) is 0 Å². The fourth-order valence-corrected chi connectivity index (χ4v) is 5.39. The molecule has 1 unspecified atom stereocenters. The van der Waals surface area contributed by atoms with Crippen LogP contribution in [0.25, 0.3) is 21.9 Å². The van der Waals surface area contributed by atoms with Crippen LogP contribution in [0.15, 0.2) is 48.7 Å². The first-order valence-electron chi connectivity index (χ1n) is 10.7. The number of nitrogens with zero attached hydrogens (tertiary/aromatic N) is 3. The van der Waals surface area contributed by atoms with Crippen molar-refractivity contribution in [2.75, 3.05) is 0 Å². The Morgan fingerprint density at radius 3 is 2.60 bits per heavy atom. The summed E-state index contributed by atoms with van der Waals surface area (Å²) in [6.07, 6.45) is 6.37. The summed E-state index contributed by atoms with van der Waals surface area (Å²) in [7, 11) is 2.08. The van der Waals surface area contributed by atoms with Gasteiger partial charge in [-0.2, -0.15) is 0 Å². The third kappa shape index (κ3) is 3.37. The van der Waals surface area contributed by atoms with Crippen molar-refractivity contribution < 1.29 is 4.39 Å². The summed E-state index contributed by atoms with van der Waals surface area (Å²) >= 11 is 6.18. The van der Waals surface area contributed by atoms with Crippen LogP contribution in [0.4, 0.5) is 4.39 Å². The van der Waals surface area contributed by atoms with Crippen LogP contribution >= 0.6 is 11.6 Å². The molecule has 30 heavy (non-hydrogen) atoms. The van der Waals surface area contributed by atoms with Gasteiger partial charge in [-0.05, 0) is 85.5 Å². The zero-order chi connectivity index (χ0) is 20.8. The van der Waals surface area contributed by atoms with Crippen molar-refractivity contribution >= 4 is 33.5 Å². The molecular weight excluding hydrogens is 397 g/mol. The third-order valence-electron chi connectivity index (χ3n) is 6.94. The molecule has 5 rings (SSSR count). The molecule has 1 aliphatic rings. The van der Waals surface area contributed by atoms with E-state index in [1.165, 1.54) is 11.6 Å². The summed E-state index contributed by atoms with van der Waals surface area (Å²) in [5.74, 6) is 2.37. The Kier molecular flexibility index (Phi) is 4.98. The van der Waals surface area contributed by atoms with Gasteiger partial charge in [-0.3, -0.25) is 4.98 Å². The van der Waals surface area contributed by atoms with E-state index < -0.39 is 0 Å². The first-order chi connectivity index (χ1) is 14.5. The van der Waals surface area contributed by atoms with Crippen LogP contribution in [-0.4, -0.2) is 14.5 Å². The first-order valence-corrected chi connectivity index (χ1v) is 11.0. The van der Waals surface area contributed by atoms with Gasteiger partial charge >= 0.3 is 0 Å². The van der Waals surface area contributed by atoms with Crippen LogP contribution in [0.1, 0.15) is 55.8 Å². The molecule has 154 valence electrons. The van der Waals surface area contributed by atoms with Gasteiger partial charge < -0.3 is 4.57 Å². The highest BCUT2D eigenvalue weighted by atomic mass is 35.5. The van der Waals surface area contributed by atoms with E-state index in [4.69, 9.17) is 16.6 Å². The van der Waals surface area contributed by atoms with Crippen LogP contribution in [0.5, 0.6) is 0 Å². The van der Waals surface area contributed by atoms with Crippen LogP contribution in [-0.2, 0) is 7.05 Å². The molecule has 1 fully saturated rings. The highest BCUT2D eigenvalue weighted by Gasteiger charge is 2.30. The predicted molar refractivity (Wildman–Crippen MR) is 121 cm³/mol. The Bertz CT molecular complexity index is 1220. The van der Waals surface area contributed by atoms with Crippen LogP contribution in [0.2, 0.25) is 5.02 Å². The Morgan fingerprint density at radius 2 is 1.80 bits per heavy atom. The summed E-state index contributed by atoms with van der Waals surface area (Å²) < 4.78 is 16.0. The van der Waals surface area contributed by atoms with Crippen molar-refractivity contribution in [3.8, 4) is 0 Å². The molecule has 5 heteroatoms. The normalized spacial score (nSPS) is 20.7. The molecule has 0 spiro atoms. The number of aryl methyl sites for hydroxylation is 1. The van der Waals surface area contributed by atoms with Crippen molar-refractivity contribution in [3.05, 3.63) is 70.9 Å². The Labute approximate surface area is 180 Å². The molecule has 0 radical (unpaired) electrons. The lowest BCUT2D eigenvalue weighted by Gasteiger charge is -2.32. The Balaban J connectivity index is 1.36. The maximum Gasteiger partial charge on any atom is 0.123 e. The van der Waals surface area contributed by atoms with Gasteiger partial charge in [0.25, 0.3) is 0 Å². The molecule has 1 atom stereocenters. The van der Waals surface area contributed by atoms with E-state index in [1.54, 1.807) is 12.1 Å². The molecular formula is C25H25ClFN3. The van der Waals surface area contributed by atoms with Crippen molar-refractivity contribution in [2.45, 2.75) is 44.4 Å². The third-order valence-corrected chi connectivity index (χ3v) is 7.18. The average Bonchev–Trinajstić information content (AvgIpc) is 3.09. The monoisotopic (exact) mass is 421 g/mol. The number of aromatic nitrogens is 3. The van der Waals surface area contributed by atoms with Crippen LogP contribution in [0, 0.1) is 11.7 Å². The molecule has 2 aromatic carbocycles. The van der Waals surface area contributed by atoms with Gasteiger partial charge in [0.2, 0.25) is 0 Å². The number of pyridine rings is 1. The molecule has 1 saturated carbocycles. The highest BCUT2D eigenvalue weighted by Crippen LogP contribution is 2.43. The molecule has 0 bridgehead atoms. The summed E-state index contributed by atoms with van der Waals surface area (Å²) in [6, 6.07) is 12.9. The average molecular weight is 422 g/mol. The maximum atomic E-state index is 13.8. The van der Waals surface area contributed by atoms with Gasteiger partial charge in [0.05, 0.1) is 16.6 Å². The van der Waals surface area contributed by atoms with Crippen molar-refractivity contribution in [1.82, 2.24) is 14.5 Å². The predicted octanol–water partition coefficient (Wildman–Crippen LogP) is 6.99. The molecule has 2 heterocycles. The van der Waals surface area contributed by atoms with E-state index in [0.717, 1.165) is 58.5 Å². The second kappa shape index (κ2) is 7.66. The SMILES string of the molecule is CC(c1nc2ccc(Cl)cc2n1C)C1CCC(c2ccnc3ccc(F)cc23)CC1. The summed E-state index contributed by atoms with van der Waals surface area (Å²) in [5.41, 5.74) is 4.21. The zero-order valence-corrected chi connectivity index (χ0v) is 18.0. The first kappa shape index (κ1) is 19.5. The molecule has 4 aromatic rings. The number of imidazole rings is 1. The smallest absolute Gasteiger partial charge is 0.123 e. The topological polar surface area (TPSA) is 30.7 Å². The molecule has 1 aliphatic carbocycles. The lowest BCUT2D eigenvalue weighted by Crippen LogP contribution is -2.20. The van der Waals surface area contributed by atoms with Crippen LogP contribution < -0.4 is 0 Å². The van der Waals surface area contributed by atoms with Gasteiger partial charge in [0, 0.05) is 29.6 Å². The van der Waals surface area contributed by atoms with Crippen molar-refractivity contribution in [2.24, 2.45) is 13.0 Å². The highest BCUT2D eigenvalue weighted by molar-refractivity contribution is 6.31. The van der Waals surface area contributed by atoms with E-state index in [2.05, 4.69) is 29.6 Å². The fourth-order valence-electron chi connectivity index (χ4n) is 5.23. The number of halogens is 2. The lowest BCUT2D eigenvalue weighted by molar-refractivity contribution is 0.283. The van der Waals surface area contributed by atoms with Gasteiger partial charge in [0.1, 0.15) is 11.6 Å². The summed E-state index contributed by atoms with van der Waals surface area (Å²) in [4.78, 5) is 9.32. The molecule has 3 nitrogen and oxygen atoms in total. The Morgan fingerprint density at radius 1 is 1.03 bits per heavy atom. The fraction of sp³-hybridized carbons (Fsp3) is 0.360. The quantitative estimate of drug-likeness (QED) is 0.356. The second-order valence-corrected chi connectivity index (χ2v) is 9.06. The van der Waals surface area contributed by atoms with Gasteiger partial charge in [-0.1, -0.05) is 18.5 Å². The summed E-state index contributed by atoms with van der Waals surface area (Å²) in [6.45, 7) is 2.30. The second-order valence-electron chi connectivity index (χ2n) is 8.62. The number of hydrogen-bond acceptors (Lipinski definition) is 2. The molecule has 0 N–H and O–H groups in total. The number of hydrogen-bond donors (Lipinski definition) is 0. The number of rotatable bonds is 3. The molecule has 0 aliphatic heterocycles. The van der Waals surface area contributed by atoms with Gasteiger partial charge in [0.15, 0.2) is 0 Å². The van der Waals surface area contributed by atoms with E-state index in [-0.39, 0.29) is 5.82 Å². The van der Waals surface area contributed by atoms with E-state index in [1.807, 2.05) is 24.4 Å². The standard InChI is InChI=1S/C25H25ClFN3/c1-15(25-29-23-9-7-18(26)13-24(23)30(25)2)16-3-5-17(6-4-16)20-11-12-28-22-10-8-19(27)14-21(20)22/h7-17H,3-6H2,1-2H3. The number of benzene rings is 2. The van der Waals surface area contributed by atoms with E-state index in [9.17, 15) is 4.39 Å². The summed E-state index contributed by atoms with van der Waals surface area (Å²) in [5, 5.41) is 1.70. The van der Waals surface area contributed by atoms with E-state index >= 15 is 0 Å². The lowest BCUT2D eigenvalue weighted by atomic mass is 9.73. The minimum atomic E-state index is -0.194. The maximum absolute atomic E-state index is 13.8. The van der Waals surface area contributed by atoms with Crippen molar-refractivity contribution in [3.63, 3.8) is 0 Å². The number of fused-ring (bicyclic) bond motifs is 2. The van der Waals surface area contributed by atoms with Gasteiger partial charge in [-0.25, -0.2) is 9.37 Å². The van der Waals surface area contributed by atoms with E-state index in [0.29, 0.717) is 17.8 Å². The largest absolute Gasteiger partial charge is 0.331 e. The van der Waals surface area contributed by atoms with Crippen LogP contribution in [0.3, 0.4) is 0 Å². The molecule has 0 amide bonds. The Hall–Kier alpha value is -2.46. The molecule has 2 aromatic heterocycles. The molecule has 0 saturated heterocycles. The zero-order valence-electron chi connectivity index (χ0n) is 17.3.